The van der Waals surface area contributed by atoms with Crippen LogP contribution in [-0.4, -0.2) is 36.6 Å². The molecule has 1 aliphatic carbocycles. The molecule has 0 aromatic heterocycles. The van der Waals surface area contributed by atoms with E-state index in [1.165, 1.54) is 28.7 Å². The Balaban J connectivity index is 0.000000395. The number of nitrogens with one attached hydrogen (secondary N) is 1. The van der Waals surface area contributed by atoms with Crippen LogP contribution in [0.15, 0.2) is 48.5 Å². The first-order chi connectivity index (χ1) is 12.6. The van der Waals surface area contributed by atoms with E-state index in [1.807, 2.05) is 24.4 Å². The Labute approximate surface area is 151 Å². The predicted molar refractivity (Wildman–Crippen MR) is 96.3 cm³/mol. The molecular weight excluding hydrogens is 591 g/mol. The topological polar surface area (TPSA) is 92.7 Å². The Morgan fingerprint density at radius 1 is 1.07 bits per heavy atom. The van der Waals surface area contributed by atoms with Crippen LogP contribution in [0.3, 0.4) is 0 Å². The van der Waals surface area contributed by atoms with Gasteiger partial charge in [0, 0.05) is 12.3 Å². The van der Waals surface area contributed by atoms with Gasteiger partial charge in [-0.3, -0.25) is 9.59 Å². The number of fused-ring (bicyclic) bond motifs is 3. The minimum Gasteiger partial charge on any atom is -0.521 e. The quantitative estimate of drug-likeness (QED) is 0.298. The Morgan fingerprint density at radius 3 is 2.00 bits per heavy atom. The summed E-state index contributed by atoms with van der Waals surface area (Å²) in [6.45, 7) is 1.89. The SMILES string of the molecule is CCC(=O)OCC1c2ccccc2-c2ccccc21.O=[C-]NCC(=O)O.[Fm]. The largest absolute Gasteiger partial charge is 0.521 e. The summed E-state index contributed by atoms with van der Waals surface area (Å²) in [5, 5.41) is 9.65. The average molecular weight is 611 g/mol. The molecule has 1 aliphatic rings. The van der Waals surface area contributed by atoms with E-state index >= 15 is 0 Å². The summed E-state index contributed by atoms with van der Waals surface area (Å²) in [5.41, 5.74) is 5.03. The fourth-order valence-corrected chi connectivity index (χ4v) is 2.83. The smallest absolute Gasteiger partial charge is 0.320 e. The number of esters is 1. The van der Waals surface area contributed by atoms with Gasteiger partial charge in [0.25, 0.3) is 0 Å². The second kappa shape index (κ2) is 9.98. The maximum absolute atomic E-state index is 11.4. The zero-order valence-corrected chi connectivity index (χ0v) is 17.1. The summed E-state index contributed by atoms with van der Waals surface area (Å²) in [6.07, 6.45) is 1.64. The van der Waals surface area contributed by atoms with Crippen molar-refractivity contribution in [2.45, 2.75) is 19.3 Å². The zero-order chi connectivity index (χ0) is 18.9. The van der Waals surface area contributed by atoms with E-state index in [0.717, 1.165) is 0 Å². The van der Waals surface area contributed by atoms with Crippen molar-refractivity contribution < 1.29 is 24.2 Å². The molecule has 2 aromatic rings. The van der Waals surface area contributed by atoms with Crippen LogP contribution in [0.1, 0.15) is 30.4 Å². The Bertz CT molecular complexity index is 748. The standard InChI is InChI=1S/C17H16O2.C3H4NO3.Fm/c1-2-17(18)19-11-16-14-9-5-3-7-12(14)13-8-4-6-10-15(13)16;5-2-4-1-3(6)7;/h3-10,16H,2,11H2,1H3;1H2,(H,4,5)(H,6,7);/q;-1;. The first-order valence-corrected chi connectivity index (χ1v) is 8.24. The molecule has 27 heavy (non-hydrogen) atoms. The van der Waals surface area contributed by atoms with Gasteiger partial charge in [-0.15, -0.1) is 0 Å². The number of hydrogen-bond acceptors (Lipinski definition) is 4. The number of amides is 1. The summed E-state index contributed by atoms with van der Waals surface area (Å²) in [4.78, 5) is 30.1. The van der Waals surface area contributed by atoms with Crippen molar-refractivity contribution in [3.8, 4) is 11.1 Å². The van der Waals surface area contributed by atoms with Crippen LogP contribution in [0.5, 0.6) is 0 Å². The van der Waals surface area contributed by atoms with Crippen LogP contribution >= 0.6 is 0 Å². The van der Waals surface area contributed by atoms with Gasteiger partial charge < -0.3 is 20.0 Å². The van der Waals surface area contributed by atoms with Gasteiger partial charge in [-0.25, -0.2) is 0 Å². The van der Waals surface area contributed by atoms with E-state index in [1.54, 1.807) is 0 Å². The predicted octanol–water partition coefficient (Wildman–Crippen LogP) is 2.48. The number of carbonyl (C=O) groups is 2. The summed E-state index contributed by atoms with van der Waals surface area (Å²) >= 11 is 0. The average Bonchev–Trinajstić information content (AvgIpc) is 2.99. The van der Waals surface area contributed by atoms with Crippen molar-refractivity contribution in [2.75, 3.05) is 13.2 Å². The second-order valence-corrected chi connectivity index (χ2v) is 5.61. The van der Waals surface area contributed by atoms with Crippen molar-refractivity contribution >= 4 is 18.3 Å². The zero-order valence-electron chi connectivity index (χ0n) is 14.7. The normalized spacial score (nSPS) is 11.0. The maximum atomic E-state index is 11.4. The molecule has 0 aliphatic heterocycles. The van der Waals surface area contributed by atoms with Gasteiger partial charge >= 0.3 is 11.9 Å². The summed E-state index contributed by atoms with van der Waals surface area (Å²) in [6, 6.07) is 16.7. The molecule has 0 atom stereocenters. The first-order valence-electron chi connectivity index (χ1n) is 8.24. The number of benzene rings is 2. The van der Waals surface area contributed by atoms with E-state index in [2.05, 4.69) is 36.4 Å². The van der Waals surface area contributed by atoms with E-state index in [-0.39, 0.29) is 18.4 Å². The van der Waals surface area contributed by atoms with E-state index in [4.69, 9.17) is 9.84 Å². The van der Waals surface area contributed by atoms with Crippen LogP contribution in [-0.2, 0) is 19.1 Å². The first kappa shape index (κ1) is 20.9. The molecule has 148 valence electrons. The molecular formula is C20H20FmNO5-. The third kappa shape index (κ3) is 5.16. The van der Waals surface area contributed by atoms with Crippen molar-refractivity contribution in [2.24, 2.45) is 0 Å². The number of ether oxygens (including phenoxy) is 1. The maximum Gasteiger partial charge on any atom is 0.320 e. The van der Waals surface area contributed by atoms with E-state index in [9.17, 15) is 14.4 Å². The van der Waals surface area contributed by atoms with Gasteiger partial charge in [0.05, 0.1) is 6.54 Å². The molecule has 1 amide bonds. The number of carboxylic acid groups (broad SMARTS) is 1. The molecule has 0 radical (unpaired) electrons. The molecule has 0 spiro atoms. The number of carbonyl (C=O) groups excluding carboxylic acids is 2. The monoisotopic (exact) mass is 611 g/mol. The summed E-state index contributed by atoms with van der Waals surface area (Å²) < 4.78 is 5.35. The summed E-state index contributed by atoms with van der Waals surface area (Å²) in [7, 11) is 0. The van der Waals surface area contributed by atoms with Gasteiger partial charge in [-0.05, 0) is 22.3 Å². The van der Waals surface area contributed by atoms with Crippen molar-refractivity contribution in [1.82, 2.24) is 5.32 Å². The Morgan fingerprint density at radius 2 is 1.59 bits per heavy atom. The minimum absolute atomic E-state index is 0. The van der Waals surface area contributed by atoms with Crippen molar-refractivity contribution in [3.05, 3.63) is 59.7 Å². The third-order valence-electron chi connectivity index (χ3n) is 3.97. The number of aliphatic carboxylic acids is 1. The Hall–Kier alpha value is -4.15. The Kier molecular flexibility index (Phi) is 7.72. The fourth-order valence-electron chi connectivity index (χ4n) is 2.83. The third-order valence-corrected chi connectivity index (χ3v) is 3.97. The number of rotatable bonds is 6. The molecule has 0 unspecified atom stereocenters. The van der Waals surface area contributed by atoms with Crippen molar-refractivity contribution in [3.63, 3.8) is 0 Å². The van der Waals surface area contributed by atoms with E-state index < -0.39 is 5.97 Å². The molecule has 2 N–H and O–H groups in total. The van der Waals surface area contributed by atoms with Gasteiger partial charge in [-0.2, -0.15) is 6.41 Å². The molecule has 2 aromatic carbocycles. The van der Waals surface area contributed by atoms with Crippen molar-refractivity contribution in [1.29, 1.82) is 0 Å². The number of hydrogen-bond donors (Lipinski definition) is 2. The summed E-state index contributed by atoms with van der Waals surface area (Å²) in [5.74, 6) is -1.03. The van der Waals surface area contributed by atoms with Gasteiger partial charge in [0.1, 0.15) is 6.61 Å². The molecule has 3 rings (SSSR count). The minimum atomic E-state index is -1.07. The van der Waals surface area contributed by atoms with Crippen LogP contribution in [0.25, 0.3) is 11.1 Å². The molecule has 0 saturated carbocycles. The van der Waals surface area contributed by atoms with Gasteiger partial charge in [0.15, 0.2) is 0 Å². The molecule has 6 nitrogen and oxygen atoms in total. The molecule has 0 bridgehead atoms. The van der Waals surface area contributed by atoms with Gasteiger partial charge in [0.2, 0.25) is 0 Å². The van der Waals surface area contributed by atoms with Crippen LogP contribution in [0.4, 0.5) is 0 Å². The molecule has 0 fully saturated rings. The van der Waals surface area contributed by atoms with Crippen LogP contribution < -0.4 is 5.32 Å². The molecule has 0 saturated heterocycles. The van der Waals surface area contributed by atoms with Crippen LogP contribution in [0, 0.1) is 0 Å². The second-order valence-electron chi connectivity index (χ2n) is 5.61. The fraction of sp³-hybridized carbons (Fsp3) is 0.250. The van der Waals surface area contributed by atoms with Crippen LogP contribution in [0.2, 0.25) is 0 Å². The molecule has 0 heterocycles. The van der Waals surface area contributed by atoms with E-state index in [0.29, 0.717) is 13.0 Å². The number of carboxylic acids is 1. The molecule has 7 heteroatoms. The van der Waals surface area contributed by atoms with Gasteiger partial charge in [-0.1, -0.05) is 55.5 Å².